The quantitative estimate of drug-likeness (QED) is 0.490. The van der Waals surface area contributed by atoms with Gasteiger partial charge in [-0.25, -0.2) is 0 Å². The lowest BCUT2D eigenvalue weighted by molar-refractivity contribution is 0.414. The van der Waals surface area contributed by atoms with Crippen LogP contribution in [0.3, 0.4) is 0 Å². The van der Waals surface area contributed by atoms with Gasteiger partial charge in [0.05, 0.1) is 11.3 Å². The molecule has 0 amide bonds. The van der Waals surface area contributed by atoms with Crippen molar-refractivity contribution >= 4 is 23.1 Å². The van der Waals surface area contributed by atoms with Crippen molar-refractivity contribution in [2.75, 3.05) is 7.11 Å². The maximum atomic E-state index is 5.23. The van der Waals surface area contributed by atoms with E-state index in [1.165, 1.54) is 25.1 Å². The molecule has 0 aliphatic carbocycles. The number of methoxy groups -OCH3 is 1. The Balaban J connectivity index is 1.74. The molecule has 1 heterocycles. The van der Waals surface area contributed by atoms with Gasteiger partial charge in [0, 0.05) is 16.2 Å². The summed E-state index contributed by atoms with van der Waals surface area (Å²) in [6, 6.07) is 21.6. The minimum atomic E-state index is 0.160. The van der Waals surface area contributed by atoms with Gasteiger partial charge in [0.1, 0.15) is 5.75 Å². The maximum absolute atomic E-state index is 5.23. The van der Waals surface area contributed by atoms with Crippen LogP contribution < -0.4 is 4.74 Å². The van der Waals surface area contributed by atoms with E-state index in [0.717, 1.165) is 12.2 Å². The molecule has 0 N–H and O–H groups in total. The van der Waals surface area contributed by atoms with E-state index in [9.17, 15) is 0 Å². The molecule has 130 valence electrons. The highest BCUT2D eigenvalue weighted by molar-refractivity contribution is 8.01. The lowest BCUT2D eigenvalue weighted by Gasteiger charge is -2.22. The molecule has 0 saturated heterocycles. The largest absolute Gasteiger partial charge is 0.497 e. The van der Waals surface area contributed by atoms with Gasteiger partial charge in [0.15, 0.2) is 0 Å². The summed E-state index contributed by atoms with van der Waals surface area (Å²) in [6.07, 6.45) is 0.968. The van der Waals surface area contributed by atoms with Crippen molar-refractivity contribution in [3.8, 4) is 5.75 Å². The molecule has 0 radical (unpaired) electrons. The Morgan fingerprint density at radius 2 is 1.64 bits per heavy atom. The van der Waals surface area contributed by atoms with E-state index >= 15 is 0 Å². The normalized spacial score (nSPS) is 11.5. The van der Waals surface area contributed by atoms with Gasteiger partial charge in [-0.2, -0.15) is 0 Å². The maximum Gasteiger partial charge on any atom is 0.118 e. The average molecular weight is 369 g/mol. The molecule has 0 aliphatic rings. The predicted octanol–water partition coefficient (Wildman–Crippen LogP) is 6.80. The third kappa shape index (κ3) is 4.68. The highest BCUT2D eigenvalue weighted by Crippen LogP contribution is 2.39. The molecule has 3 rings (SSSR count). The lowest BCUT2D eigenvalue weighted by Crippen LogP contribution is -2.12. The van der Waals surface area contributed by atoms with Gasteiger partial charge in [0.25, 0.3) is 0 Å². The number of ether oxygens (including phenoxy) is 1. The summed E-state index contributed by atoms with van der Waals surface area (Å²) in [6.45, 7) is 6.82. The number of hydrogen-bond donors (Lipinski definition) is 0. The summed E-state index contributed by atoms with van der Waals surface area (Å²) in [5, 5.41) is 0. The second-order valence-corrected chi connectivity index (χ2v) is 9.60. The molecule has 1 nitrogen and oxygen atoms in total. The standard InChI is InChI=1S/C22H24OS2/c1-22(2,3)19-7-5-6-8-20(19)25-21-14-13-18(24-21)15-16-9-11-17(23-4)12-10-16/h5-14H,15H2,1-4H3. The molecule has 2 aromatic carbocycles. The average Bonchev–Trinajstić information content (AvgIpc) is 3.02. The van der Waals surface area contributed by atoms with Gasteiger partial charge in [-0.1, -0.05) is 62.9 Å². The van der Waals surface area contributed by atoms with Gasteiger partial charge < -0.3 is 4.74 Å². The number of hydrogen-bond acceptors (Lipinski definition) is 3. The van der Waals surface area contributed by atoms with Crippen LogP contribution in [0.25, 0.3) is 0 Å². The smallest absolute Gasteiger partial charge is 0.118 e. The molecule has 0 aliphatic heterocycles. The highest BCUT2D eigenvalue weighted by Gasteiger charge is 2.18. The Kier molecular flexibility index (Phi) is 5.55. The van der Waals surface area contributed by atoms with Crippen LogP contribution in [-0.4, -0.2) is 7.11 Å². The molecule has 3 heteroatoms. The number of thiophene rings is 1. The van der Waals surface area contributed by atoms with Gasteiger partial charge in [0.2, 0.25) is 0 Å². The fourth-order valence-corrected chi connectivity index (χ4v) is 5.25. The zero-order chi connectivity index (χ0) is 17.9. The third-order valence-electron chi connectivity index (χ3n) is 4.08. The van der Waals surface area contributed by atoms with Crippen molar-refractivity contribution in [3.63, 3.8) is 0 Å². The second-order valence-electron chi connectivity index (χ2n) is 7.09. The lowest BCUT2D eigenvalue weighted by atomic mass is 9.87. The fourth-order valence-electron chi connectivity index (χ4n) is 2.74. The minimum absolute atomic E-state index is 0.160. The zero-order valence-electron chi connectivity index (χ0n) is 15.2. The van der Waals surface area contributed by atoms with Crippen LogP contribution in [0.5, 0.6) is 5.75 Å². The van der Waals surface area contributed by atoms with E-state index in [-0.39, 0.29) is 5.41 Å². The zero-order valence-corrected chi connectivity index (χ0v) is 16.8. The summed E-state index contributed by atoms with van der Waals surface area (Å²) in [4.78, 5) is 2.74. The molecule has 25 heavy (non-hydrogen) atoms. The van der Waals surface area contributed by atoms with E-state index in [2.05, 4.69) is 69.3 Å². The summed E-state index contributed by atoms with van der Waals surface area (Å²) >= 11 is 3.76. The SMILES string of the molecule is COc1ccc(Cc2ccc(Sc3ccccc3C(C)(C)C)s2)cc1. The van der Waals surface area contributed by atoms with E-state index in [4.69, 9.17) is 4.74 Å². The Bertz CT molecular complexity index is 826. The van der Waals surface area contributed by atoms with Crippen molar-refractivity contribution in [2.24, 2.45) is 0 Å². The molecule has 0 unspecified atom stereocenters. The second kappa shape index (κ2) is 7.67. The summed E-state index contributed by atoms with van der Waals surface area (Å²) in [5.74, 6) is 0.907. The minimum Gasteiger partial charge on any atom is -0.497 e. The molecular weight excluding hydrogens is 344 g/mol. The van der Waals surface area contributed by atoms with Crippen LogP contribution in [0.2, 0.25) is 0 Å². The molecule has 0 spiro atoms. The van der Waals surface area contributed by atoms with E-state index < -0.39 is 0 Å². The molecule has 0 bridgehead atoms. The van der Waals surface area contributed by atoms with Crippen molar-refractivity contribution in [3.05, 3.63) is 76.7 Å². The van der Waals surface area contributed by atoms with Crippen molar-refractivity contribution in [1.82, 2.24) is 0 Å². The summed E-state index contributed by atoms with van der Waals surface area (Å²) in [7, 11) is 1.70. The number of benzene rings is 2. The first-order chi connectivity index (χ1) is 12.0. The summed E-state index contributed by atoms with van der Waals surface area (Å²) in [5.41, 5.74) is 2.88. The molecule has 0 saturated carbocycles. The Morgan fingerprint density at radius 3 is 2.32 bits per heavy atom. The third-order valence-corrected chi connectivity index (χ3v) is 6.37. The highest BCUT2D eigenvalue weighted by atomic mass is 32.2. The fraction of sp³-hybridized carbons (Fsp3) is 0.273. The van der Waals surface area contributed by atoms with Gasteiger partial charge in [-0.15, -0.1) is 11.3 Å². The number of rotatable bonds is 5. The first kappa shape index (κ1) is 18.1. The van der Waals surface area contributed by atoms with Crippen LogP contribution in [0.4, 0.5) is 0 Å². The van der Waals surface area contributed by atoms with Crippen LogP contribution in [-0.2, 0) is 11.8 Å². The van der Waals surface area contributed by atoms with Crippen molar-refractivity contribution < 1.29 is 4.74 Å². The van der Waals surface area contributed by atoms with Crippen molar-refractivity contribution in [2.45, 2.75) is 41.7 Å². The Labute approximate surface area is 159 Å². The Hall–Kier alpha value is -1.71. The first-order valence-corrected chi connectivity index (χ1v) is 10.1. The van der Waals surface area contributed by atoms with Gasteiger partial charge in [-0.3, -0.25) is 0 Å². The van der Waals surface area contributed by atoms with Gasteiger partial charge in [-0.05, 0) is 46.9 Å². The van der Waals surface area contributed by atoms with Crippen LogP contribution in [0.15, 0.2) is 69.8 Å². The van der Waals surface area contributed by atoms with Gasteiger partial charge >= 0.3 is 0 Å². The molecular formula is C22H24OS2. The molecule has 3 aromatic rings. The first-order valence-electron chi connectivity index (χ1n) is 8.45. The van der Waals surface area contributed by atoms with Crippen LogP contribution in [0, 0.1) is 0 Å². The van der Waals surface area contributed by atoms with Crippen LogP contribution in [0.1, 0.15) is 36.8 Å². The monoisotopic (exact) mass is 368 g/mol. The molecule has 0 fully saturated rings. The molecule has 1 aromatic heterocycles. The molecule has 0 atom stereocenters. The topological polar surface area (TPSA) is 9.23 Å². The van der Waals surface area contributed by atoms with E-state index in [1.54, 1.807) is 7.11 Å². The van der Waals surface area contributed by atoms with Crippen LogP contribution >= 0.6 is 23.1 Å². The summed E-state index contributed by atoms with van der Waals surface area (Å²) < 4.78 is 6.58. The Morgan fingerprint density at radius 1 is 0.920 bits per heavy atom. The predicted molar refractivity (Wildman–Crippen MR) is 109 cm³/mol. The van der Waals surface area contributed by atoms with E-state index in [0.29, 0.717) is 0 Å². The van der Waals surface area contributed by atoms with Crippen molar-refractivity contribution in [1.29, 1.82) is 0 Å². The van der Waals surface area contributed by atoms with E-state index in [1.807, 2.05) is 35.2 Å².